The Labute approximate surface area is 110 Å². The summed E-state index contributed by atoms with van der Waals surface area (Å²) in [5.74, 6) is 0. The third-order valence-corrected chi connectivity index (χ3v) is 4.00. The molecule has 18 heavy (non-hydrogen) atoms. The van der Waals surface area contributed by atoms with Crippen molar-refractivity contribution in [3.8, 4) is 0 Å². The van der Waals surface area contributed by atoms with Gasteiger partial charge in [-0.15, -0.1) is 6.58 Å². The van der Waals surface area contributed by atoms with Crippen LogP contribution in [0, 0.1) is 0 Å². The first kappa shape index (κ1) is 13.3. The van der Waals surface area contributed by atoms with E-state index in [2.05, 4.69) is 30.5 Å². The number of aliphatic hydroxyl groups is 1. The lowest BCUT2D eigenvalue weighted by molar-refractivity contribution is 0.0837. The van der Waals surface area contributed by atoms with Gasteiger partial charge in [-0.1, -0.05) is 36.4 Å². The molecule has 1 aromatic carbocycles. The minimum Gasteiger partial charge on any atom is -0.394 e. The number of nitrogens with zero attached hydrogens (tertiary/aromatic N) is 1. The van der Waals surface area contributed by atoms with Crippen LogP contribution in [0.4, 0.5) is 0 Å². The van der Waals surface area contributed by atoms with Gasteiger partial charge in [0.05, 0.1) is 12.6 Å². The van der Waals surface area contributed by atoms with Crippen LogP contribution in [0.1, 0.15) is 37.8 Å². The van der Waals surface area contributed by atoms with E-state index in [0.717, 1.165) is 6.42 Å². The molecular formula is C16H23NO. The third kappa shape index (κ3) is 2.65. The molecule has 0 unspecified atom stereocenters. The first-order chi connectivity index (χ1) is 8.77. The molecule has 0 aliphatic carbocycles. The van der Waals surface area contributed by atoms with Crippen LogP contribution < -0.4 is 0 Å². The Morgan fingerprint density at radius 1 is 1.39 bits per heavy atom. The van der Waals surface area contributed by atoms with Gasteiger partial charge >= 0.3 is 0 Å². The zero-order chi connectivity index (χ0) is 13.0. The number of benzene rings is 1. The summed E-state index contributed by atoms with van der Waals surface area (Å²) in [6, 6.07) is 11.5. The molecule has 0 aromatic heterocycles. The van der Waals surface area contributed by atoms with Gasteiger partial charge in [0.25, 0.3) is 0 Å². The monoisotopic (exact) mass is 245 g/mol. The summed E-state index contributed by atoms with van der Waals surface area (Å²) >= 11 is 0. The van der Waals surface area contributed by atoms with E-state index in [1.54, 1.807) is 0 Å². The molecule has 0 spiro atoms. The first-order valence-corrected chi connectivity index (χ1v) is 6.82. The first-order valence-electron chi connectivity index (χ1n) is 6.82. The average Bonchev–Trinajstić information content (AvgIpc) is 2.75. The summed E-state index contributed by atoms with van der Waals surface area (Å²) in [6.07, 6.45) is 5.42. The normalized spacial score (nSPS) is 26.1. The van der Waals surface area contributed by atoms with E-state index in [1.807, 2.05) is 24.3 Å². The second kappa shape index (κ2) is 6.17. The molecule has 1 aliphatic rings. The van der Waals surface area contributed by atoms with E-state index >= 15 is 0 Å². The van der Waals surface area contributed by atoms with Gasteiger partial charge in [-0.2, -0.15) is 0 Å². The van der Waals surface area contributed by atoms with Crippen LogP contribution in [0.25, 0.3) is 0 Å². The number of likely N-dealkylation sites (tertiary alicyclic amines) is 1. The summed E-state index contributed by atoms with van der Waals surface area (Å²) in [4.78, 5) is 2.47. The maximum absolute atomic E-state index is 9.78. The third-order valence-electron chi connectivity index (χ3n) is 4.00. The summed E-state index contributed by atoms with van der Waals surface area (Å²) in [6.45, 7) is 6.29. The van der Waals surface area contributed by atoms with Gasteiger partial charge in [0.15, 0.2) is 0 Å². The Morgan fingerprint density at radius 2 is 2.11 bits per heavy atom. The number of hydrogen-bond acceptors (Lipinski definition) is 2. The van der Waals surface area contributed by atoms with Crippen molar-refractivity contribution < 1.29 is 5.11 Å². The fraction of sp³-hybridized carbons (Fsp3) is 0.500. The molecule has 1 fully saturated rings. The largest absolute Gasteiger partial charge is 0.394 e. The van der Waals surface area contributed by atoms with Gasteiger partial charge in [0.1, 0.15) is 0 Å². The summed E-state index contributed by atoms with van der Waals surface area (Å²) in [5.41, 5.74) is 1.21. The fourth-order valence-electron chi connectivity index (χ4n) is 3.13. The molecule has 0 radical (unpaired) electrons. The minimum atomic E-state index is 0.119. The van der Waals surface area contributed by atoms with E-state index in [9.17, 15) is 5.11 Å². The molecule has 0 saturated carbocycles. The molecule has 1 N–H and O–H groups in total. The van der Waals surface area contributed by atoms with Crippen LogP contribution in [0.15, 0.2) is 43.0 Å². The molecule has 1 saturated heterocycles. The van der Waals surface area contributed by atoms with Crippen molar-refractivity contribution in [1.82, 2.24) is 4.90 Å². The van der Waals surface area contributed by atoms with Crippen molar-refractivity contribution in [1.29, 1.82) is 0 Å². The smallest absolute Gasteiger partial charge is 0.0628 e. The molecule has 98 valence electrons. The summed E-state index contributed by atoms with van der Waals surface area (Å²) in [5, 5.41) is 9.78. The van der Waals surface area contributed by atoms with E-state index in [1.165, 1.54) is 18.4 Å². The van der Waals surface area contributed by atoms with Gasteiger partial charge in [0, 0.05) is 12.1 Å². The number of aliphatic hydroxyl groups excluding tert-OH is 1. The van der Waals surface area contributed by atoms with Crippen molar-refractivity contribution in [3.05, 3.63) is 48.6 Å². The molecule has 2 rings (SSSR count). The second-order valence-corrected chi connectivity index (χ2v) is 5.16. The van der Waals surface area contributed by atoms with Gasteiger partial charge in [-0.25, -0.2) is 0 Å². The van der Waals surface area contributed by atoms with Crippen molar-refractivity contribution in [2.45, 2.75) is 44.3 Å². The number of hydrogen-bond donors (Lipinski definition) is 1. The molecular weight excluding hydrogens is 222 g/mol. The van der Waals surface area contributed by atoms with E-state index in [4.69, 9.17) is 0 Å². The molecule has 1 heterocycles. The Balaban J connectivity index is 2.22. The molecule has 0 bridgehead atoms. The van der Waals surface area contributed by atoms with Gasteiger partial charge in [0.2, 0.25) is 0 Å². The van der Waals surface area contributed by atoms with Crippen LogP contribution >= 0.6 is 0 Å². The Kier molecular flexibility index (Phi) is 4.56. The van der Waals surface area contributed by atoms with Crippen LogP contribution in [-0.4, -0.2) is 28.7 Å². The molecule has 1 aliphatic heterocycles. The SMILES string of the molecule is C=CC[C@@H]1CC[C@@H](C)N1[C@H](CO)c1ccccc1. The molecule has 1 aromatic rings. The molecule has 3 atom stereocenters. The number of rotatable bonds is 5. The predicted octanol–water partition coefficient (Wildman–Crippen LogP) is 3.15. The average molecular weight is 245 g/mol. The van der Waals surface area contributed by atoms with Crippen molar-refractivity contribution in [2.75, 3.05) is 6.61 Å². The maximum Gasteiger partial charge on any atom is 0.0628 e. The maximum atomic E-state index is 9.78. The molecule has 2 nitrogen and oxygen atoms in total. The predicted molar refractivity (Wildman–Crippen MR) is 75.4 cm³/mol. The quantitative estimate of drug-likeness (QED) is 0.806. The summed E-state index contributed by atoms with van der Waals surface area (Å²) < 4.78 is 0. The lowest BCUT2D eigenvalue weighted by atomic mass is 10.0. The highest BCUT2D eigenvalue weighted by molar-refractivity contribution is 5.20. The minimum absolute atomic E-state index is 0.119. The zero-order valence-electron chi connectivity index (χ0n) is 11.1. The lowest BCUT2D eigenvalue weighted by Gasteiger charge is -2.35. The highest BCUT2D eigenvalue weighted by Gasteiger charge is 2.35. The zero-order valence-corrected chi connectivity index (χ0v) is 11.1. The standard InChI is InChI=1S/C16H23NO/c1-3-7-15-11-10-13(2)17(15)16(12-18)14-8-5-4-6-9-14/h3-6,8-9,13,15-16,18H,1,7,10-12H2,2H3/t13-,15-,16-/m1/s1. The molecule has 2 heteroatoms. The lowest BCUT2D eigenvalue weighted by Crippen LogP contribution is -2.39. The second-order valence-electron chi connectivity index (χ2n) is 5.16. The van der Waals surface area contributed by atoms with Gasteiger partial charge in [-0.05, 0) is 31.7 Å². The van der Waals surface area contributed by atoms with Crippen LogP contribution in [0.3, 0.4) is 0 Å². The topological polar surface area (TPSA) is 23.5 Å². The van der Waals surface area contributed by atoms with Crippen molar-refractivity contribution in [3.63, 3.8) is 0 Å². The van der Waals surface area contributed by atoms with Crippen LogP contribution in [0.5, 0.6) is 0 Å². The Hall–Kier alpha value is -1.12. The van der Waals surface area contributed by atoms with E-state index < -0.39 is 0 Å². The fourth-order valence-corrected chi connectivity index (χ4v) is 3.13. The van der Waals surface area contributed by atoms with E-state index in [0.29, 0.717) is 12.1 Å². The Morgan fingerprint density at radius 3 is 2.72 bits per heavy atom. The van der Waals surface area contributed by atoms with Gasteiger partial charge in [-0.3, -0.25) is 4.90 Å². The molecule has 0 amide bonds. The highest BCUT2D eigenvalue weighted by atomic mass is 16.3. The van der Waals surface area contributed by atoms with Gasteiger partial charge < -0.3 is 5.11 Å². The Bertz CT molecular complexity index is 376. The highest BCUT2D eigenvalue weighted by Crippen LogP contribution is 2.34. The van der Waals surface area contributed by atoms with Crippen LogP contribution in [0.2, 0.25) is 0 Å². The van der Waals surface area contributed by atoms with Crippen LogP contribution in [-0.2, 0) is 0 Å². The van der Waals surface area contributed by atoms with Crippen molar-refractivity contribution >= 4 is 0 Å². The van der Waals surface area contributed by atoms with E-state index in [-0.39, 0.29) is 12.6 Å². The van der Waals surface area contributed by atoms with Crippen molar-refractivity contribution in [2.24, 2.45) is 0 Å². The summed E-state index contributed by atoms with van der Waals surface area (Å²) in [7, 11) is 0.